The van der Waals surface area contributed by atoms with Gasteiger partial charge in [0.05, 0.1) is 28.9 Å². The van der Waals surface area contributed by atoms with Gasteiger partial charge in [-0.2, -0.15) is 5.26 Å². The molecule has 0 saturated heterocycles. The fourth-order valence-corrected chi connectivity index (χ4v) is 3.37. The molecule has 2 heterocycles. The number of ether oxygens (including phenoxy) is 1. The highest BCUT2D eigenvalue weighted by Gasteiger charge is 2.18. The maximum absolute atomic E-state index is 13.1. The Morgan fingerprint density at radius 2 is 2.12 bits per heavy atom. The van der Waals surface area contributed by atoms with Gasteiger partial charge < -0.3 is 14.6 Å². The highest BCUT2D eigenvalue weighted by atomic mass is 16.5. The number of benzene rings is 2. The van der Waals surface area contributed by atoms with Crippen molar-refractivity contribution in [2.45, 2.75) is 26.4 Å². The zero-order valence-corrected chi connectivity index (χ0v) is 17.8. The molecule has 4 rings (SSSR count). The van der Waals surface area contributed by atoms with Crippen LogP contribution in [-0.4, -0.2) is 26.7 Å². The Balaban J connectivity index is 1.68. The molecule has 0 aliphatic carbocycles. The van der Waals surface area contributed by atoms with Gasteiger partial charge in [0.15, 0.2) is 5.82 Å². The van der Waals surface area contributed by atoms with Crippen LogP contribution in [0.4, 0.5) is 5.69 Å². The molecule has 1 atom stereocenters. The van der Waals surface area contributed by atoms with E-state index < -0.39 is 5.76 Å². The third-order valence-corrected chi connectivity index (χ3v) is 5.25. The van der Waals surface area contributed by atoms with Crippen molar-refractivity contribution in [3.8, 4) is 23.2 Å². The molecule has 9 nitrogen and oxygen atoms in total. The summed E-state index contributed by atoms with van der Waals surface area (Å²) in [7, 11) is 1.80. The van der Waals surface area contributed by atoms with E-state index in [2.05, 4.69) is 26.9 Å². The maximum atomic E-state index is 13.1. The van der Waals surface area contributed by atoms with E-state index in [1.807, 2.05) is 31.2 Å². The Labute approximate surface area is 183 Å². The molecule has 0 fully saturated rings. The van der Waals surface area contributed by atoms with Crippen LogP contribution in [0.2, 0.25) is 0 Å². The van der Waals surface area contributed by atoms with Crippen molar-refractivity contribution in [1.82, 2.24) is 14.7 Å². The van der Waals surface area contributed by atoms with Gasteiger partial charge in [-0.15, -0.1) is 0 Å². The van der Waals surface area contributed by atoms with E-state index in [1.165, 1.54) is 6.07 Å². The molecule has 4 aromatic rings. The third-order valence-electron chi connectivity index (χ3n) is 5.25. The van der Waals surface area contributed by atoms with Crippen LogP contribution >= 0.6 is 0 Å². The van der Waals surface area contributed by atoms with Crippen LogP contribution in [0.25, 0.3) is 22.3 Å². The first-order valence-corrected chi connectivity index (χ1v) is 10.1. The molecule has 0 aliphatic heterocycles. The van der Waals surface area contributed by atoms with Gasteiger partial charge in [0, 0.05) is 24.1 Å². The van der Waals surface area contributed by atoms with Crippen molar-refractivity contribution < 1.29 is 14.1 Å². The summed E-state index contributed by atoms with van der Waals surface area (Å²) in [6.07, 6.45) is 0.982. The summed E-state index contributed by atoms with van der Waals surface area (Å²) in [4.78, 5) is 26.9. The molecule has 162 valence electrons. The van der Waals surface area contributed by atoms with Crippen LogP contribution in [0.5, 0.6) is 5.75 Å². The molecule has 0 radical (unpaired) electrons. The van der Waals surface area contributed by atoms with Gasteiger partial charge in [0.1, 0.15) is 11.4 Å². The number of aromatic nitrogens is 3. The summed E-state index contributed by atoms with van der Waals surface area (Å²) >= 11 is 0. The van der Waals surface area contributed by atoms with Crippen LogP contribution in [0.15, 0.2) is 51.8 Å². The largest absolute Gasteiger partial charge is 0.491 e. The first kappa shape index (κ1) is 20.9. The van der Waals surface area contributed by atoms with Crippen molar-refractivity contribution in [3.05, 3.63) is 64.3 Å². The van der Waals surface area contributed by atoms with Crippen molar-refractivity contribution in [2.75, 3.05) is 5.32 Å². The molecule has 0 spiro atoms. The average molecular weight is 431 g/mol. The number of aromatic amines is 1. The number of aryl methyl sites for hydroxylation is 1. The Morgan fingerprint density at radius 1 is 1.31 bits per heavy atom. The average Bonchev–Trinajstić information content (AvgIpc) is 3.37. The van der Waals surface area contributed by atoms with Gasteiger partial charge in [-0.1, -0.05) is 12.1 Å². The molecule has 0 saturated carbocycles. The number of nitriles is 1. The minimum Gasteiger partial charge on any atom is -0.491 e. The predicted molar refractivity (Wildman–Crippen MR) is 119 cm³/mol. The Kier molecular flexibility index (Phi) is 5.52. The summed E-state index contributed by atoms with van der Waals surface area (Å²) in [5.74, 6) is -0.232. The molecule has 32 heavy (non-hydrogen) atoms. The predicted octanol–water partition coefficient (Wildman–Crippen LogP) is 3.82. The molecule has 0 aliphatic rings. The number of rotatable bonds is 6. The SMILES string of the molecule is CCC(C)Oc1ccc2cc(C(=O)Nc3ccc(C#N)cc3-c3noc(=O)[nH]3)n(C)c2c1. The number of carbonyl (C=O) groups excluding carboxylic acids is 1. The second-order valence-electron chi connectivity index (χ2n) is 7.42. The maximum Gasteiger partial charge on any atom is 0.439 e. The molecule has 1 amide bonds. The first-order valence-electron chi connectivity index (χ1n) is 10.1. The molecule has 0 bridgehead atoms. The van der Waals surface area contributed by atoms with Crippen molar-refractivity contribution >= 4 is 22.5 Å². The highest BCUT2D eigenvalue weighted by Crippen LogP contribution is 2.28. The Morgan fingerprint density at radius 3 is 2.81 bits per heavy atom. The van der Waals surface area contributed by atoms with E-state index in [0.29, 0.717) is 22.5 Å². The van der Waals surface area contributed by atoms with Gasteiger partial charge in [-0.3, -0.25) is 14.3 Å². The molecule has 2 aromatic carbocycles. The molecule has 1 unspecified atom stereocenters. The minimum atomic E-state index is -0.733. The number of nitrogens with zero attached hydrogens (tertiary/aromatic N) is 3. The van der Waals surface area contributed by atoms with E-state index in [0.717, 1.165) is 23.1 Å². The molecule has 2 N–H and O–H groups in total. The van der Waals surface area contributed by atoms with Crippen LogP contribution in [0.1, 0.15) is 36.3 Å². The van der Waals surface area contributed by atoms with Gasteiger partial charge in [-0.25, -0.2) is 4.79 Å². The van der Waals surface area contributed by atoms with Crippen molar-refractivity contribution in [1.29, 1.82) is 5.26 Å². The van der Waals surface area contributed by atoms with Gasteiger partial charge in [0.2, 0.25) is 0 Å². The summed E-state index contributed by atoms with van der Waals surface area (Å²) in [5, 5.41) is 16.6. The van der Waals surface area contributed by atoms with Gasteiger partial charge in [0.25, 0.3) is 5.91 Å². The Hall–Kier alpha value is -4.32. The first-order chi connectivity index (χ1) is 15.4. The molecular weight excluding hydrogens is 410 g/mol. The van der Waals surface area contributed by atoms with Crippen LogP contribution in [-0.2, 0) is 7.05 Å². The quantitative estimate of drug-likeness (QED) is 0.478. The standard InChI is InChI=1S/C23H21N5O4/c1-4-13(2)31-16-7-6-15-10-20(28(3)19(15)11-16)22(29)25-18-8-5-14(12-24)9-17(18)21-26-23(30)32-27-21/h5-11,13H,4H2,1-3H3,(H,25,29)(H,26,27,30). The van der Waals surface area contributed by atoms with E-state index in [-0.39, 0.29) is 17.8 Å². The molecule has 2 aromatic heterocycles. The summed E-state index contributed by atoms with van der Waals surface area (Å²) in [6.45, 7) is 4.06. The van der Waals surface area contributed by atoms with Crippen LogP contribution in [0, 0.1) is 11.3 Å². The number of nitrogens with one attached hydrogen (secondary N) is 2. The van der Waals surface area contributed by atoms with Crippen molar-refractivity contribution in [3.63, 3.8) is 0 Å². The number of carbonyl (C=O) groups is 1. The number of hydrogen-bond donors (Lipinski definition) is 2. The van der Waals surface area contributed by atoms with E-state index in [1.54, 1.807) is 29.8 Å². The topological polar surface area (TPSA) is 126 Å². The van der Waals surface area contributed by atoms with E-state index in [4.69, 9.17) is 4.74 Å². The number of H-pyrrole nitrogens is 1. The number of anilines is 1. The van der Waals surface area contributed by atoms with E-state index in [9.17, 15) is 14.9 Å². The lowest BCUT2D eigenvalue weighted by atomic mass is 10.1. The monoisotopic (exact) mass is 431 g/mol. The Bertz CT molecular complexity index is 1410. The van der Waals surface area contributed by atoms with Crippen LogP contribution < -0.4 is 15.8 Å². The van der Waals surface area contributed by atoms with Gasteiger partial charge >= 0.3 is 5.76 Å². The minimum absolute atomic E-state index is 0.0910. The second-order valence-corrected chi connectivity index (χ2v) is 7.42. The van der Waals surface area contributed by atoms with Crippen molar-refractivity contribution in [2.24, 2.45) is 7.05 Å². The fourth-order valence-electron chi connectivity index (χ4n) is 3.37. The number of amides is 1. The lowest BCUT2D eigenvalue weighted by Gasteiger charge is -2.13. The zero-order valence-electron chi connectivity index (χ0n) is 17.8. The number of fused-ring (bicyclic) bond motifs is 1. The highest BCUT2D eigenvalue weighted by molar-refractivity contribution is 6.08. The van der Waals surface area contributed by atoms with Crippen LogP contribution in [0.3, 0.4) is 0 Å². The lowest BCUT2D eigenvalue weighted by Crippen LogP contribution is -2.16. The fraction of sp³-hybridized carbons (Fsp3) is 0.217. The molecular formula is C23H21N5O4. The third kappa shape index (κ3) is 3.98. The second kappa shape index (κ2) is 8.43. The lowest BCUT2D eigenvalue weighted by molar-refractivity contribution is 0.101. The van der Waals surface area contributed by atoms with E-state index >= 15 is 0 Å². The number of hydrogen-bond acceptors (Lipinski definition) is 6. The van der Waals surface area contributed by atoms with Gasteiger partial charge in [-0.05, 0) is 49.7 Å². The smallest absolute Gasteiger partial charge is 0.439 e. The summed E-state index contributed by atoms with van der Waals surface area (Å²) < 4.78 is 12.3. The zero-order chi connectivity index (χ0) is 22.8. The summed E-state index contributed by atoms with van der Waals surface area (Å²) in [5.41, 5.74) is 2.39. The normalized spacial score (nSPS) is 11.8. The molecule has 9 heteroatoms. The summed E-state index contributed by atoms with van der Waals surface area (Å²) in [6, 6.07) is 14.2.